The Balaban J connectivity index is 1.64. The molecule has 6 nitrogen and oxygen atoms in total. The second-order valence-electron chi connectivity index (χ2n) is 6.46. The number of carboxylic acid groups (broad SMARTS) is 1. The summed E-state index contributed by atoms with van der Waals surface area (Å²) < 4.78 is 0. The normalized spacial score (nSPS) is 24.2. The van der Waals surface area contributed by atoms with Gasteiger partial charge in [0.05, 0.1) is 12.3 Å². The molecule has 0 aromatic carbocycles. The van der Waals surface area contributed by atoms with E-state index in [0.717, 1.165) is 11.3 Å². The van der Waals surface area contributed by atoms with Crippen molar-refractivity contribution in [1.29, 1.82) is 0 Å². The van der Waals surface area contributed by atoms with Crippen molar-refractivity contribution in [2.75, 3.05) is 19.6 Å². The van der Waals surface area contributed by atoms with E-state index in [2.05, 4.69) is 0 Å². The van der Waals surface area contributed by atoms with Gasteiger partial charge in [-0.15, -0.1) is 11.3 Å². The van der Waals surface area contributed by atoms with Crippen molar-refractivity contribution in [1.82, 2.24) is 9.80 Å². The first kappa shape index (κ1) is 17.0. The Labute approximate surface area is 145 Å². The molecule has 3 rings (SSSR count). The number of hydrogen-bond acceptors (Lipinski definition) is 4. The van der Waals surface area contributed by atoms with E-state index >= 15 is 0 Å². The van der Waals surface area contributed by atoms with Crippen molar-refractivity contribution in [3.8, 4) is 0 Å². The number of carbonyl (C=O) groups is 3. The zero-order chi connectivity index (χ0) is 17.1. The van der Waals surface area contributed by atoms with Gasteiger partial charge in [0.15, 0.2) is 0 Å². The van der Waals surface area contributed by atoms with Gasteiger partial charge in [0.2, 0.25) is 11.8 Å². The van der Waals surface area contributed by atoms with E-state index in [4.69, 9.17) is 0 Å². The van der Waals surface area contributed by atoms with Gasteiger partial charge in [0.25, 0.3) is 0 Å². The Morgan fingerprint density at radius 2 is 2.00 bits per heavy atom. The van der Waals surface area contributed by atoms with E-state index in [1.807, 2.05) is 17.5 Å². The molecule has 1 aromatic heterocycles. The third-order valence-corrected chi connectivity index (χ3v) is 5.72. The molecule has 2 aliphatic heterocycles. The number of hydrogen-bond donors (Lipinski definition) is 1. The lowest BCUT2D eigenvalue weighted by Gasteiger charge is -2.34. The second kappa shape index (κ2) is 7.34. The van der Waals surface area contributed by atoms with Crippen molar-refractivity contribution < 1.29 is 19.5 Å². The molecule has 0 unspecified atom stereocenters. The van der Waals surface area contributed by atoms with Crippen molar-refractivity contribution in [2.24, 2.45) is 5.92 Å². The van der Waals surface area contributed by atoms with E-state index in [-0.39, 0.29) is 18.4 Å². The van der Waals surface area contributed by atoms with Crippen molar-refractivity contribution in [3.63, 3.8) is 0 Å². The molecule has 2 fully saturated rings. The fourth-order valence-electron chi connectivity index (χ4n) is 3.58. The van der Waals surface area contributed by atoms with Gasteiger partial charge in [0, 0.05) is 24.5 Å². The average Bonchev–Trinajstić information content (AvgIpc) is 3.25. The van der Waals surface area contributed by atoms with E-state index in [1.54, 1.807) is 21.1 Å². The van der Waals surface area contributed by atoms with Gasteiger partial charge in [0.1, 0.15) is 6.04 Å². The summed E-state index contributed by atoms with van der Waals surface area (Å²) in [7, 11) is 0. The topological polar surface area (TPSA) is 77.9 Å². The predicted molar refractivity (Wildman–Crippen MR) is 89.7 cm³/mol. The lowest BCUT2D eigenvalue weighted by molar-refractivity contribution is -0.149. The fraction of sp³-hybridized carbons (Fsp3) is 0.588. The smallest absolute Gasteiger partial charge is 0.308 e. The van der Waals surface area contributed by atoms with Crippen molar-refractivity contribution in [3.05, 3.63) is 22.4 Å². The summed E-state index contributed by atoms with van der Waals surface area (Å²) in [5.74, 6) is -1.43. The molecule has 0 bridgehead atoms. The maximum atomic E-state index is 12.8. The lowest BCUT2D eigenvalue weighted by Crippen LogP contribution is -2.51. The molecule has 2 amide bonds. The SMILES string of the molecule is O=C(O)[C@H]1CCCN(C(=O)[C@H]2CCCN2C(=O)Cc2cccs2)C1. The molecule has 2 atom stereocenters. The molecule has 7 heteroatoms. The summed E-state index contributed by atoms with van der Waals surface area (Å²) in [5, 5.41) is 11.1. The zero-order valence-electron chi connectivity index (χ0n) is 13.5. The Hall–Kier alpha value is -1.89. The maximum Gasteiger partial charge on any atom is 0.308 e. The van der Waals surface area contributed by atoms with Gasteiger partial charge < -0.3 is 14.9 Å². The van der Waals surface area contributed by atoms with Crippen molar-refractivity contribution in [2.45, 2.75) is 38.1 Å². The Kier molecular flexibility index (Phi) is 5.18. The molecule has 0 aliphatic carbocycles. The number of carboxylic acids is 1. The van der Waals surface area contributed by atoms with Gasteiger partial charge in [-0.2, -0.15) is 0 Å². The van der Waals surface area contributed by atoms with E-state index in [0.29, 0.717) is 38.8 Å². The first-order valence-corrected chi connectivity index (χ1v) is 9.27. The minimum absolute atomic E-state index is 0.0138. The molecule has 2 saturated heterocycles. The van der Waals surface area contributed by atoms with E-state index < -0.39 is 17.9 Å². The zero-order valence-corrected chi connectivity index (χ0v) is 14.3. The maximum absolute atomic E-state index is 12.8. The first-order valence-electron chi connectivity index (χ1n) is 8.39. The molecular formula is C17H22N2O4S. The summed E-state index contributed by atoms with van der Waals surface area (Å²) >= 11 is 1.54. The number of thiophene rings is 1. The molecule has 0 spiro atoms. The van der Waals surface area contributed by atoms with Crippen LogP contribution in [0.15, 0.2) is 17.5 Å². The van der Waals surface area contributed by atoms with Gasteiger partial charge >= 0.3 is 5.97 Å². The third-order valence-electron chi connectivity index (χ3n) is 4.85. The number of amides is 2. The number of piperidine rings is 1. The third kappa shape index (κ3) is 3.61. The Morgan fingerprint density at radius 1 is 1.21 bits per heavy atom. The highest BCUT2D eigenvalue weighted by Gasteiger charge is 2.38. The van der Waals surface area contributed by atoms with Gasteiger partial charge in [-0.3, -0.25) is 14.4 Å². The van der Waals surface area contributed by atoms with Crippen LogP contribution in [0.3, 0.4) is 0 Å². The monoisotopic (exact) mass is 350 g/mol. The van der Waals surface area contributed by atoms with Gasteiger partial charge in [-0.05, 0) is 37.1 Å². The van der Waals surface area contributed by atoms with Crippen LogP contribution in [-0.4, -0.2) is 58.4 Å². The highest BCUT2D eigenvalue weighted by atomic mass is 32.1. The molecule has 3 heterocycles. The van der Waals surface area contributed by atoms with Crippen LogP contribution in [0.25, 0.3) is 0 Å². The van der Waals surface area contributed by atoms with Crippen LogP contribution in [-0.2, 0) is 20.8 Å². The van der Waals surface area contributed by atoms with Crippen molar-refractivity contribution >= 4 is 29.1 Å². The molecule has 1 N–H and O–H groups in total. The molecule has 0 saturated carbocycles. The molecule has 130 valence electrons. The molecular weight excluding hydrogens is 328 g/mol. The van der Waals surface area contributed by atoms with Gasteiger partial charge in [-0.1, -0.05) is 6.07 Å². The van der Waals surface area contributed by atoms with Crippen LogP contribution in [0.1, 0.15) is 30.6 Å². The van der Waals surface area contributed by atoms with Crippen LogP contribution in [0, 0.1) is 5.92 Å². The summed E-state index contributed by atoms with van der Waals surface area (Å²) in [6.45, 7) is 1.46. The Bertz CT molecular complexity index is 616. The summed E-state index contributed by atoms with van der Waals surface area (Å²) in [5.41, 5.74) is 0. The van der Waals surface area contributed by atoms with Gasteiger partial charge in [-0.25, -0.2) is 0 Å². The largest absolute Gasteiger partial charge is 0.481 e. The lowest BCUT2D eigenvalue weighted by atomic mass is 9.97. The molecule has 24 heavy (non-hydrogen) atoms. The van der Waals surface area contributed by atoms with Crippen LogP contribution < -0.4 is 0 Å². The first-order chi connectivity index (χ1) is 11.6. The predicted octanol–water partition coefficient (Wildman–Crippen LogP) is 1.60. The van der Waals surface area contributed by atoms with Crippen LogP contribution in [0.5, 0.6) is 0 Å². The number of rotatable bonds is 4. The van der Waals surface area contributed by atoms with E-state index in [1.165, 1.54) is 0 Å². The standard InChI is InChI=1S/C17H22N2O4S/c20-15(10-13-5-3-9-24-13)19-8-2-6-14(19)16(21)18-7-1-4-12(11-18)17(22)23/h3,5,9,12,14H,1-2,4,6-8,10-11H2,(H,22,23)/t12-,14+/m0/s1. The molecule has 1 aromatic rings. The van der Waals surface area contributed by atoms with Crippen LogP contribution in [0.2, 0.25) is 0 Å². The second-order valence-corrected chi connectivity index (χ2v) is 7.50. The fourth-order valence-corrected chi connectivity index (χ4v) is 4.27. The van der Waals surface area contributed by atoms with Crippen LogP contribution >= 0.6 is 11.3 Å². The number of nitrogens with zero attached hydrogens (tertiary/aromatic N) is 2. The minimum Gasteiger partial charge on any atom is -0.481 e. The average molecular weight is 350 g/mol. The number of likely N-dealkylation sites (tertiary alicyclic amines) is 2. The summed E-state index contributed by atoms with van der Waals surface area (Å²) in [4.78, 5) is 40.9. The number of carbonyl (C=O) groups excluding carboxylic acids is 2. The summed E-state index contributed by atoms with van der Waals surface area (Å²) in [6, 6.07) is 3.42. The summed E-state index contributed by atoms with van der Waals surface area (Å²) in [6.07, 6.45) is 3.15. The molecule has 0 radical (unpaired) electrons. The highest BCUT2D eigenvalue weighted by Crippen LogP contribution is 2.24. The minimum atomic E-state index is -0.843. The quantitative estimate of drug-likeness (QED) is 0.895. The van der Waals surface area contributed by atoms with Crippen LogP contribution in [0.4, 0.5) is 0 Å². The highest BCUT2D eigenvalue weighted by molar-refractivity contribution is 7.10. The Morgan fingerprint density at radius 3 is 2.71 bits per heavy atom. The molecule has 2 aliphatic rings. The number of aliphatic carboxylic acids is 1. The van der Waals surface area contributed by atoms with E-state index in [9.17, 15) is 19.5 Å².